The molecule has 1 aliphatic carbocycles. The molecule has 1 aromatic rings. The summed E-state index contributed by atoms with van der Waals surface area (Å²) in [4.78, 5) is 0. The Bertz CT molecular complexity index is 331. The van der Waals surface area contributed by atoms with E-state index in [1.165, 1.54) is 12.8 Å². The van der Waals surface area contributed by atoms with Crippen molar-refractivity contribution in [2.45, 2.75) is 52.2 Å². The maximum Gasteiger partial charge on any atom is 0.111 e. The monoisotopic (exact) mass is 209 g/mol. The predicted octanol–water partition coefficient (Wildman–Crippen LogP) is 1.69. The first-order chi connectivity index (χ1) is 7.27. The summed E-state index contributed by atoms with van der Waals surface area (Å²) in [5.41, 5.74) is 1.88. The van der Waals surface area contributed by atoms with Crippen LogP contribution in [-0.2, 0) is 13.0 Å². The van der Waals surface area contributed by atoms with Gasteiger partial charge in [0.15, 0.2) is 0 Å². The minimum Gasteiger partial charge on any atom is -0.390 e. The lowest BCUT2D eigenvalue weighted by molar-refractivity contribution is 0.275. The van der Waals surface area contributed by atoms with Crippen LogP contribution >= 0.6 is 0 Å². The highest BCUT2D eigenvalue weighted by molar-refractivity contribution is 5.10. The lowest BCUT2D eigenvalue weighted by atomic mass is 10.1. The van der Waals surface area contributed by atoms with Gasteiger partial charge in [0.1, 0.15) is 5.69 Å². The van der Waals surface area contributed by atoms with Crippen molar-refractivity contribution in [3.63, 3.8) is 0 Å². The first-order valence-electron chi connectivity index (χ1n) is 5.81. The molecular weight excluding hydrogens is 190 g/mol. The number of hydrogen-bond donors (Lipinski definition) is 1. The zero-order valence-electron chi connectivity index (χ0n) is 9.48. The van der Waals surface area contributed by atoms with E-state index < -0.39 is 0 Å². The van der Waals surface area contributed by atoms with Crippen molar-refractivity contribution in [2.24, 2.45) is 5.92 Å². The molecule has 1 heterocycles. The van der Waals surface area contributed by atoms with Gasteiger partial charge < -0.3 is 5.11 Å². The number of aliphatic hydroxyl groups is 1. The van der Waals surface area contributed by atoms with Gasteiger partial charge in [-0.25, -0.2) is 4.68 Å². The lowest BCUT2D eigenvalue weighted by Crippen LogP contribution is -2.13. The second-order valence-electron chi connectivity index (χ2n) is 4.41. The summed E-state index contributed by atoms with van der Waals surface area (Å²) < 4.78 is 2.02. The Morgan fingerprint density at radius 1 is 1.53 bits per heavy atom. The van der Waals surface area contributed by atoms with E-state index in [0.717, 1.165) is 30.1 Å². The lowest BCUT2D eigenvalue weighted by Gasteiger charge is -2.13. The van der Waals surface area contributed by atoms with E-state index >= 15 is 0 Å². The molecule has 1 fully saturated rings. The summed E-state index contributed by atoms with van der Waals surface area (Å²) in [6, 6.07) is 0.444. The molecule has 1 unspecified atom stereocenters. The fraction of sp³-hybridized carbons (Fsp3) is 0.818. The molecule has 84 valence electrons. The largest absolute Gasteiger partial charge is 0.390 e. The number of hydrogen-bond acceptors (Lipinski definition) is 3. The minimum absolute atomic E-state index is 0.00667. The Kier molecular flexibility index (Phi) is 3.05. The highest BCUT2D eigenvalue weighted by Crippen LogP contribution is 2.39. The van der Waals surface area contributed by atoms with Gasteiger partial charge in [0, 0.05) is 0 Å². The number of aliphatic hydroxyl groups excluding tert-OH is 1. The van der Waals surface area contributed by atoms with Gasteiger partial charge in [-0.1, -0.05) is 18.6 Å². The van der Waals surface area contributed by atoms with Crippen LogP contribution in [0.3, 0.4) is 0 Å². The van der Waals surface area contributed by atoms with Crippen molar-refractivity contribution in [1.29, 1.82) is 0 Å². The van der Waals surface area contributed by atoms with Crippen LogP contribution in [0.2, 0.25) is 0 Å². The molecule has 0 spiro atoms. The third-order valence-electron chi connectivity index (χ3n) is 3.20. The van der Waals surface area contributed by atoms with E-state index in [0.29, 0.717) is 6.04 Å². The average Bonchev–Trinajstić information content (AvgIpc) is 3.00. The molecule has 0 radical (unpaired) electrons. The van der Waals surface area contributed by atoms with Crippen molar-refractivity contribution < 1.29 is 5.11 Å². The molecule has 0 amide bonds. The molecule has 4 nitrogen and oxygen atoms in total. The van der Waals surface area contributed by atoms with Gasteiger partial charge in [-0.3, -0.25) is 0 Å². The van der Waals surface area contributed by atoms with Gasteiger partial charge in [0.05, 0.1) is 18.3 Å². The van der Waals surface area contributed by atoms with Crippen LogP contribution in [0.25, 0.3) is 0 Å². The third kappa shape index (κ3) is 2.04. The van der Waals surface area contributed by atoms with Crippen LogP contribution in [0.4, 0.5) is 0 Å². The fourth-order valence-electron chi connectivity index (χ4n) is 2.07. The Morgan fingerprint density at radius 3 is 2.80 bits per heavy atom. The van der Waals surface area contributed by atoms with Crippen LogP contribution in [0.15, 0.2) is 0 Å². The highest BCUT2D eigenvalue weighted by atomic mass is 16.3. The Labute approximate surface area is 90.3 Å². The first kappa shape index (κ1) is 10.6. The van der Waals surface area contributed by atoms with Crippen molar-refractivity contribution in [1.82, 2.24) is 15.0 Å². The summed E-state index contributed by atoms with van der Waals surface area (Å²) in [5, 5.41) is 17.4. The molecular formula is C11H19N3O. The Balaban J connectivity index is 2.24. The maximum absolute atomic E-state index is 9.18. The molecule has 1 aliphatic rings. The zero-order chi connectivity index (χ0) is 10.8. The van der Waals surface area contributed by atoms with Gasteiger partial charge in [0.2, 0.25) is 0 Å². The molecule has 0 aromatic carbocycles. The van der Waals surface area contributed by atoms with Gasteiger partial charge >= 0.3 is 0 Å². The fourth-order valence-corrected chi connectivity index (χ4v) is 2.07. The maximum atomic E-state index is 9.18. The zero-order valence-corrected chi connectivity index (χ0v) is 9.48. The van der Waals surface area contributed by atoms with E-state index in [-0.39, 0.29) is 6.61 Å². The van der Waals surface area contributed by atoms with Crippen molar-refractivity contribution in [3.8, 4) is 0 Å². The Morgan fingerprint density at radius 2 is 2.27 bits per heavy atom. The molecule has 4 heteroatoms. The van der Waals surface area contributed by atoms with E-state index in [1.54, 1.807) is 0 Å². The Hall–Kier alpha value is -0.900. The van der Waals surface area contributed by atoms with Crippen LogP contribution in [0.5, 0.6) is 0 Å². The van der Waals surface area contributed by atoms with Crippen LogP contribution in [0.1, 0.15) is 50.5 Å². The standard InChI is InChI=1S/C11H19N3O/c1-3-4-11-10(7-15)12-13-14(11)8(2)9-5-6-9/h8-9,15H,3-7H2,1-2H3. The molecule has 1 saturated carbocycles. The number of nitrogens with zero attached hydrogens (tertiary/aromatic N) is 3. The van der Waals surface area contributed by atoms with E-state index in [2.05, 4.69) is 24.2 Å². The molecule has 15 heavy (non-hydrogen) atoms. The quantitative estimate of drug-likeness (QED) is 0.803. The highest BCUT2D eigenvalue weighted by Gasteiger charge is 2.31. The smallest absolute Gasteiger partial charge is 0.111 e. The second-order valence-corrected chi connectivity index (χ2v) is 4.41. The van der Waals surface area contributed by atoms with Crippen molar-refractivity contribution >= 4 is 0 Å². The van der Waals surface area contributed by atoms with Crippen LogP contribution in [-0.4, -0.2) is 20.1 Å². The normalized spacial score (nSPS) is 18.1. The van der Waals surface area contributed by atoms with Crippen molar-refractivity contribution in [3.05, 3.63) is 11.4 Å². The minimum atomic E-state index is 0.00667. The van der Waals surface area contributed by atoms with E-state index in [4.69, 9.17) is 0 Å². The van der Waals surface area contributed by atoms with Crippen LogP contribution < -0.4 is 0 Å². The van der Waals surface area contributed by atoms with Gasteiger partial charge in [-0.15, -0.1) is 5.10 Å². The van der Waals surface area contributed by atoms with Crippen LogP contribution in [0, 0.1) is 5.92 Å². The summed E-state index contributed by atoms with van der Waals surface area (Å²) in [6.07, 6.45) is 4.64. The molecule has 0 aliphatic heterocycles. The summed E-state index contributed by atoms with van der Waals surface area (Å²) in [6.45, 7) is 4.35. The average molecular weight is 209 g/mol. The van der Waals surface area contributed by atoms with E-state index in [1.807, 2.05) is 4.68 Å². The van der Waals surface area contributed by atoms with Gasteiger partial charge in [-0.2, -0.15) is 0 Å². The summed E-state index contributed by atoms with van der Waals surface area (Å²) in [7, 11) is 0. The molecule has 1 N–H and O–H groups in total. The number of rotatable bonds is 5. The van der Waals surface area contributed by atoms with E-state index in [9.17, 15) is 5.11 Å². The molecule has 0 saturated heterocycles. The molecule has 1 aromatic heterocycles. The molecule has 0 bridgehead atoms. The first-order valence-corrected chi connectivity index (χ1v) is 5.81. The van der Waals surface area contributed by atoms with Crippen molar-refractivity contribution in [2.75, 3.05) is 0 Å². The summed E-state index contributed by atoms with van der Waals surface area (Å²) in [5.74, 6) is 0.772. The molecule has 2 rings (SSSR count). The van der Waals surface area contributed by atoms with Gasteiger partial charge in [-0.05, 0) is 32.1 Å². The van der Waals surface area contributed by atoms with Gasteiger partial charge in [0.25, 0.3) is 0 Å². The summed E-state index contributed by atoms with van der Waals surface area (Å²) >= 11 is 0. The molecule has 1 atom stereocenters. The second kappa shape index (κ2) is 4.31. The predicted molar refractivity (Wildman–Crippen MR) is 57.4 cm³/mol. The SMILES string of the molecule is CCCc1c(CO)nnn1C(C)C1CC1. The third-order valence-corrected chi connectivity index (χ3v) is 3.20. The topological polar surface area (TPSA) is 50.9 Å². The number of aromatic nitrogens is 3.